The molecule has 5 rings (SSSR count). The first kappa shape index (κ1) is 39.0. The van der Waals surface area contributed by atoms with Crippen LogP contribution in [0.25, 0.3) is 6.08 Å². The van der Waals surface area contributed by atoms with Crippen LogP contribution < -0.4 is 34.9 Å². The van der Waals surface area contributed by atoms with Gasteiger partial charge in [-0.2, -0.15) is 0 Å². The van der Waals surface area contributed by atoms with Crippen molar-refractivity contribution in [2.45, 2.75) is 29.9 Å². The molecule has 0 aromatic heterocycles. The van der Waals surface area contributed by atoms with Gasteiger partial charge in [0.2, 0.25) is 11.7 Å². The summed E-state index contributed by atoms with van der Waals surface area (Å²) in [5.41, 5.74) is 2.78. The Morgan fingerprint density at radius 3 is 2.02 bits per heavy atom. The molecule has 0 bridgehead atoms. The Morgan fingerprint density at radius 2 is 1.39 bits per heavy atom. The summed E-state index contributed by atoms with van der Waals surface area (Å²) in [5, 5.41) is 8.09. The number of methoxy groups -OCH3 is 3. The number of unbranched alkanes of at least 4 members (excludes halogenated alkanes) is 1. The second-order valence-electron chi connectivity index (χ2n) is 11.9. The third-order valence-electron chi connectivity index (χ3n) is 8.10. The van der Waals surface area contributed by atoms with Gasteiger partial charge in [0, 0.05) is 21.8 Å². The number of benzene rings is 5. The Balaban J connectivity index is 1.38. The van der Waals surface area contributed by atoms with Gasteiger partial charge in [-0.1, -0.05) is 67.9 Å². The molecule has 10 nitrogen and oxygen atoms in total. The monoisotopic (exact) mass is 745 g/mol. The summed E-state index contributed by atoms with van der Waals surface area (Å²) in [6.07, 6.45) is 3.54. The quantitative estimate of drug-likeness (QED) is 0.0491. The zero-order valence-electron chi connectivity index (χ0n) is 30.6. The van der Waals surface area contributed by atoms with E-state index in [1.165, 1.54) is 39.2 Å². The van der Waals surface area contributed by atoms with Gasteiger partial charge >= 0.3 is 0 Å². The number of amides is 3. The summed E-state index contributed by atoms with van der Waals surface area (Å²) in [6.45, 7) is 2.75. The van der Waals surface area contributed by atoms with Crippen LogP contribution in [0.3, 0.4) is 0 Å². The van der Waals surface area contributed by atoms with Crippen LogP contribution in [0.15, 0.2) is 132 Å². The maximum absolute atomic E-state index is 13.9. The van der Waals surface area contributed by atoms with Crippen molar-refractivity contribution < 1.29 is 33.3 Å². The zero-order chi connectivity index (χ0) is 38.3. The van der Waals surface area contributed by atoms with Gasteiger partial charge in [-0.05, 0) is 90.4 Å². The second-order valence-corrected chi connectivity index (χ2v) is 13.1. The van der Waals surface area contributed by atoms with Crippen LogP contribution in [-0.4, -0.2) is 45.7 Å². The van der Waals surface area contributed by atoms with Crippen molar-refractivity contribution in [2.24, 2.45) is 0 Å². The molecule has 0 aliphatic heterocycles. The highest BCUT2D eigenvalue weighted by molar-refractivity contribution is 8.00. The second kappa shape index (κ2) is 19.6. The molecule has 3 N–H and O–H groups in total. The Hall–Kier alpha value is -6.20. The number of carbonyl (C=O) groups is 3. The molecule has 54 heavy (non-hydrogen) atoms. The van der Waals surface area contributed by atoms with Gasteiger partial charge in [0.05, 0.1) is 27.9 Å². The SMILES string of the molecule is CCCCOc1ccc(NC(=O)C(Sc2cccc(NC(=O)/C(=C\c3cc(OC)c(OC)c(OC)c3)NC(=O)c3ccccc3)c2)c2ccccc2)cc1. The molecule has 5 aromatic rings. The molecule has 5 aromatic carbocycles. The average molecular weight is 746 g/mol. The van der Waals surface area contributed by atoms with Crippen LogP contribution in [-0.2, 0) is 9.59 Å². The Labute approximate surface area is 319 Å². The first-order valence-corrected chi connectivity index (χ1v) is 18.2. The maximum Gasteiger partial charge on any atom is 0.272 e. The molecule has 3 amide bonds. The van der Waals surface area contributed by atoms with E-state index < -0.39 is 17.1 Å². The lowest BCUT2D eigenvalue weighted by molar-refractivity contribution is -0.116. The fraction of sp³-hybridized carbons (Fsp3) is 0.186. The largest absolute Gasteiger partial charge is 0.494 e. The van der Waals surface area contributed by atoms with E-state index in [4.69, 9.17) is 18.9 Å². The van der Waals surface area contributed by atoms with Crippen molar-refractivity contribution in [3.63, 3.8) is 0 Å². The smallest absolute Gasteiger partial charge is 0.272 e. The summed E-state index contributed by atoms with van der Waals surface area (Å²) in [7, 11) is 4.49. The standard InChI is InChI=1S/C43H43N3O7S/c1-5-6-24-53-34-22-20-32(21-23-34)44-43(49)40(30-14-9-7-10-15-30)54-35-19-13-18-33(28-35)45-42(48)36(46-41(47)31-16-11-8-12-17-31)25-29-26-37(50-2)39(52-4)38(27-29)51-3/h7-23,25-28,40H,5-6,24H2,1-4H3,(H,44,49)(H,45,48)(H,46,47)/b36-25+. The number of carbonyl (C=O) groups excluding carboxylic acids is 3. The summed E-state index contributed by atoms with van der Waals surface area (Å²) >= 11 is 1.35. The molecular weight excluding hydrogens is 703 g/mol. The summed E-state index contributed by atoms with van der Waals surface area (Å²) in [4.78, 5) is 41.7. The van der Waals surface area contributed by atoms with E-state index in [2.05, 4.69) is 22.9 Å². The van der Waals surface area contributed by atoms with Gasteiger partial charge in [-0.3, -0.25) is 14.4 Å². The van der Waals surface area contributed by atoms with Crippen LogP contribution in [0.5, 0.6) is 23.0 Å². The van der Waals surface area contributed by atoms with Gasteiger partial charge in [0.25, 0.3) is 11.8 Å². The third kappa shape index (κ3) is 10.7. The number of thioether (sulfide) groups is 1. The molecule has 1 unspecified atom stereocenters. The van der Waals surface area contributed by atoms with Crippen molar-refractivity contribution in [2.75, 3.05) is 38.6 Å². The maximum atomic E-state index is 13.9. The van der Waals surface area contributed by atoms with Crippen LogP contribution in [0.4, 0.5) is 11.4 Å². The first-order valence-electron chi connectivity index (χ1n) is 17.4. The van der Waals surface area contributed by atoms with E-state index in [0.717, 1.165) is 29.1 Å². The molecule has 278 valence electrons. The van der Waals surface area contributed by atoms with Crippen LogP contribution in [0.2, 0.25) is 0 Å². The average Bonchev–Trinajstić information content (AvgIpc) is 3.20. The minimum absolute atomic E-state index is 0.0282. The molecule has 0 aliphatic carbocycles. The minimum Gasteiger partial charge on any atom is -0.494 e. The molecule has 0 aliphatic rings. The first-order chi connectivity index (χ1) is 26.3. The van der Waals surface area contributed by atoms with E-state index in [1.54, 1.807) is 60.7 Å². The zero-order valence-corrected chi connectivity index (χ0v) is 31.4. The molecule has 1 atom stereocenters. The molecule has 0 fully saturated rings. The molecule has 0 saturated carbocycles. The predicted octanol–water partition coefficient (Wildman–Crippen LogP) is 8.77. The van der Waals surface area contributed by atoms with Crippen LogP contribution in [0.1, 0.15) is 46.5 Å². The number of hydrogen-bond acceptors (Lipinski definition) is 8. The Kier molecular flexibility index (Phi) is 14.2. The lowest BCUT2D eigenvalue weighted by Crippen LogP contribution is -2.30. The highest BCUT2D eigenvalue weighted by Gasteiger charge is 2.23. The van der Waals surface area contributed by atoms with Gasteiger partial charge < -0.3 is 34.9 Å². The number of hydrogen-bond donors (Lipinski definition) is 3. The van der Waals surface area contributed by atoms with E-state index in [0.29, 0.717) is 46.4 Å². The van der Waals surface area contributed by atoms with Crippen molar-refractivity contribution in [1.82, 2.24) is 5.32 Å². The number of ether oxygens (including phenoxy) is 4. The van der Waals surface area contributed by atoms with Gasteiger partial charge in [-0.25, -0.2) is 0 Å². The highest BCUT2D eigenvalue weighted by atomic mass is 32.2. The van der Waals surface area contributed by atoms with E-state index in [9.17, 15) is 14.4 Å². The number of anilines is 2. The summed E-state index contributed by atoms with van der Waals surface area (Å²) < 4.78 is 22.2. The van der Waals surface area contributed by atoms with Crippen molar-refractivity contribution >= 4 is 46.9 Å². The lowest BCUT2D eigenvalue weighted by atomic mass is 10.1. The molecule has 0 saturated heterocycles. The highest BCUT2D eigenvalue weighted by Crippen LogP contribution is 2.39. The molecule has 0 heterocycles. The third-order valence-corrected chi connectivity index (χ3v) is 9.35. The summed E-state index contributed by atoms with van der Waals surface area (Å²) in [5.74, 6) is 0.645. The number of rotatable bonds is 17. The Bertz CT molecular complexity index is 2030. The Morgan fingerprint density at radius 1 is 0.722 bits per heavy atom. The van der Waals surface area contributed by atoms with Gasteiger partial charge in [0.1, 0.15) is 16.7 Å². The predicted molar refractivity (Wildman–Crippen MR) is 214 cm³/mol. The van der Waals surface area contributed by atoms with Gasteiger partial charge in [0.15, 0.2) is 11.5 Å². The lowest BCUT2D eigenvalue weighted by Gasteiger charge is -2.18. The summed E-state index contributed by atoms with van der Waals surface area (Å²) in [6, 6.07) is 35.9. The van der Waals surface area contributed by atoms with E-state index in [1.807, 2.05) is 60.7 Å². The van der Waals surface area contributed by atoms with E-state index >= 15 is 0 Å². The van der Waals surface area contributed by atoms with Crippen molar-refractivity contribution in [3.05, 3.63) is 144 Å². The van der Waals surface area contributed by atoms with Gasteiger partial charge in [-0.15, -0.1) is 11.8 Å². The molecule has 0 spiro atoms. The normalized spacial score (nSPS) is 11.5. The molecule has 0 radical (unpaired) electrons. The fourth-order valence-corrected chi connectivity index (χ4v) is 6.44. The minimum atomic E-state index is -0.613. The number of nitrogens with one attached hydrogen (secondary N) is 3. The molecule has 11 heteroatoms. The van der Waals surface area contributed by atoms with Crippen molar-refractivity contribution in [1.29, 1.82) is 0 Å². The van der Waals surface area contributed by atoms with Crippen LogP contribution >= 0.6 is 11.8 Å². The van der Waals surface area contributed by atoms with Crippen LogP contribution in [0, 0.1) is 0 Å². The van der Waals surface area contributed by atoms with E-state index in [-0.39, 0.29) is 11.6 Å². The molecular formula is C43H43N3O7S. The fourth-order valence-electron chi connectivity index (χ4n) is 5.35. The van der Waals surface area contributed by atoms with Crippen molar-refractivity contribution in [3.8, 4) is 23.0 Å². The topological polar surface area (TPSA) is 124 Å².